The lowest BCUT2D eigenvalue weighted by Crippen LogP contribution is -2.14. The summed E-state index contributed by atoms with van der Waals surface area (Å²) in [5.41, 5.74) is 1.21. The molecule has 0 aromatic heterocycles. The Balaban J connectivity index is 2.59. The summed E-state index contributed by atoms with van der Waals surface area (Å²) >= 11 is 7.06. The van der Waals surface area contributed by atoms with Gasteiger partial charge in [0.25, 0.3) is 0 Å². The van der Waals surface area contributed by atoms with Crippen molar-refractivity contribution in [1.82, 2.24) is 5.32 Å². The van der Waals surface area contributed by atoms with Crippen molar-refractivity contribution in [2.24, 2.45) is 0 Å². The van der Waals surface area contributed by atoms with Gasteiger partial charge in [-0.15, -0.1) is 11.8 Å². The average molecular weight is 375 g/mol. The third kappa shape index (κ3) is 5.01. The summed E-state index contributed by atoms with van der Waals surface area (Å²) in [7, 11) is 0. The van der Waals surface area contributed by atoms with Crippen LogP contribution in [0.5, 0.6) is 5.75 Å². The second kappa shape index (κ2) is 8.58. The van der Waals surface area contributed by atoms with Gasteiger partial charge >= 0.3 is 0 Å². The molecule has 0 saturated heterocycles. The highest BCUT2D eigenvalue weighted by Gasteiger charge is 2.08. The maximum atomic E-state index is 5.55. The molecule has 0 unspecified atom stereocenters. The Bertz CT molecular complexity index is 426. The van der Waals surface area contributed by atoms with Crippen molar-refractivity contribution in [2.45, 2.75) is 26.8 Å². The number of hydrogen-bond donors (Lipinski definition) is 1. The van der Waals surface area contributed by atoms with Crippen LogP contribution in [0.4, 0.5) is 0 Å². The van der Waals surface area contributed by atoms with E-state index in [1.54, 1.807) is 0 Å². The van der Waals surface area contributed by atoms with Crippen LogP contribution in [0.3, 0.4) is 0 Å². The molecule has 0 atom stereocenters. The minimum Gasteiger partial charge on any atom is -0.492 e. The summed E-state index contributed by atoms with van der Waals surface area (Å²) < 4.78 is 7.50. The lowest BCUT2D eigenvalue weighted by Gasteiger charge is -2.11. The van der Waals surface area contributed by atoms with Gasteiger partial charge < -0.3 is 10.1 Å². The molecule has 0 aliphatic carbocycles. The first-order chi connectivity index (χ1) is 8.69. The maximum Gasteiger partial charge on any atom is 0.147 e. The summed E-state index contributed by atoms with van der Waals surface area (Å²) in [6.07, 6.45) is 0.885. The molecule has 0 fully saturated rings. The van der Waals surface area contributed by atoms with Crippen LogP contribution in [0.25, 0.3) is 0 Å². The third-order valence-electron chi connectivity index (χ3n) is 2.28. The highest BCUT2D eigenvalue weighted by molar-refractivity contribution is 9.11. The first-order valence-electron chi connectivity index (χ1n) is 5.90. The van der Waals surface area contributed by atoms with E-state index in [1.807, 2.05) is 13.8 Å². The highest BCUT2D eigenvalue weighted by Crippen LogP contribution is 2.34. The van der Waals surface area contributed by atoms with Crippen molar-refractivity contribution >= 4 is 31.9 Å². The Labute approximate surface area is 126 Å². The van der Waals surface area contributed by atoms with Gasteiger partial charge in [-0.2, -0.15) is 0 Å². The number of benzene rings is 1. The Kier molecular flexibility index (Phi) is 7.41. The van der Waals surface area contributed by atoms with Gasteiger partial charge in [0.1, 0.15) is 5.75 Å². The molecule has 0 spiro atoms. The largest absolute Gasteiger partial charge is 0.492 e. The molecular formula is C14H17Br2NO. The molecule has 0 heterocycles. The molecule has 0 aliphatic rings. The fourth-order valence-corrected chi connectivity index (χ4v) is 3.02. The molecule has 1 N–H and O–H groups in total. The lowest BCUT2D eigenvalue weighted by molar-refractivity contribution is 0.336. The van der Waals surface area contributed by atoms with Crippen LogP contribution < -0.4 is 10.1 Å². The molecule has 0 saturated carbocycles. The van der Waals surface area contributed by atoms with Crippen LogP contribution in [0.2, 0.25) is 0 Å². The molecular weight excluding hydrogens is 358 g/mol. The fraction of sp³-hybridized carbons (Fsp3) is 0.429. The summed E-state index contributed by atoms with van der Waals surface area (Å²) in [6.45, 7) is 6.23. The second-order valence-corrected chi connectivity index (χ2v) is 5.38. The summed E-state index contributed by atoms with van der Waals surface area (Å²) in [5.74, 6) is 6.78. The number of ether oxygens (including phenoxy) is 1. The van der Waals surface area contributed by atoms with E-state index < -0.39 is 0 Å². The Morgan fingerprint density at radius 2 is 1.94 bits per heavy atom. The van der Waals surface area contributed by atoms with Crippen molar-refractivity contribution in [2.75, 3.05) is 13.2 Å². The van der Waals surface area contributed by atoms with E-state index in [1.165, 1.54) is 5.56 Å². The van der Waals surface area contributed by atoms with E-state index in [-0.39, 0.29) is 0 Å². The molecule has 1 rings (SSSR count). The predicted molar refractivity (Wildman–Crippen MR) is 82.8 cm³/mol. The topological polar surface area (TPSA) is 21.3 Å². The third-order valence-corrected chi connectivity index (χ3v) is 3.46. The number of rotatable bonds is 6. The van der Waals surface area contributed by atoms with Gasteiger partial charge in [0.05, 0.1) is 15.6 Å². The smallest absolute Gasteiger partial charge is 0.147 e. The summed E-state index contributed by atoms with van der Waals surface area (Å²) in [4.78, 5) is 0. The Morgan fingerprint density at radius 3 is 2.50 bits per heavy atom. The van der Waals surface area contributed by atoms with E-state index in [2.05, 4.69) is 61.2 Å². The molecule has 4 heteroatoms. The number of hydrogen-bond acceptors (Lipinski definition) is 2. The van der Waals surface area contributed by atoms with E-state index in [0.717, 1.165) is 34.2 Å². The van der Waals surface area contributed by atoms with E-state index in [4.69, 9.17) is 4.74 Å². The van der Waals surface area contributed by atoms with Crippen LogP contribution >= 0.6 is 31.9 Å². The van der Waals surface area contributed by atoms with Crippen LogP contribution in [0, 0.1) is 11.8 Å². The molecule has 2 nitrogen and oxygen atoms in total. The van der Waals surface area contributed by atoms with E-state index in [0.29, 0.717) is 6.61 Å². The maximum absolute atomic E-state index is 5.55. The van der Waals surface area contributed by atoms with Crippen molar-refractivity contribution < 1.29 is 4.74 Å². The van der Waals surface area contributed by atoms with Gasteiger partial charge in [0, 0.05) is 19.5 Å². The Hall–Kier alpha value is -0.500. The van der Waals surface area contributed by atoms with Crippen LogP contribution in [0.1, 0.15) is 25.8 Å². The summed E-state index contributed by atoms with van der Waals surface area (Å²) in [5, 5.41) is 3.36. The molecule has 1 aromatic carbocycles. The zero-order valence-electron chi connectivity index (χ0n) is 10.6. The minimum absolute atomic E-state index is 0.657. The van der Waals surface area contributed by atoms with E-state index in [9.17, 15) is 0 Å². The zero-order chi connectivity index (χ0) is 13.4. The van der Waals surface area contributed by atoms with Gasteiger partial charge in [0.15, 0.2) is 0 Å². The van der Waals surface area contributed by atoms with Crippen LogP contribution in [-0.4, -0.2) is 13.2 Å². The first kappa shape index (κ1) is 15.6. The van der Waals surface area contributed by atoms with Gasteiger partial charge in [-0.25, -0.2) is 0 Å². The molecule has 0 bridgehead atoms. The van der Waals surface area contributed by atoms with Crippen molar-refractivity contribution in [3.8, 4) is 17.6 Å². The molecule has 98 valence electrons. The molecule has 1 aromatic rings. The molecule has 0 radical (unpaired) electrons. The van der Waals surface area contributed by atoms with Crippen molar-refractivity contribution in [3.63, 3.8) is 0 Å². The quantitative estimate of drug-likeness (QED) is 0.597. The average Bonchev–Trinajstić information content (AvgIpc) is 2.33. The molecule has 0 aliphatic heterocycles. The zero-order valence-corrected chi connectivity index (χ0v) is 13.8. The van der Waals surface area contributed by atoms with Crippen LogP contribution in [0.15, 0.2) is 21.1 Å². The monoisotopic (exact) mass is 373 g/mol. The lowest BCUT2D eigenvalue weighted by atomic mass is 10.2. The van der Waals surface area contributed by atoms with Gasteiger partial charge in [-0.05, 0) is 63.4 Å². The van der Waals surface area contributed by atoms with Crippen LogP contribution in [-0.2, 0) is 6.54 Å². The molecule has 0 amide bonds. The van der Waals surface area contributed by atoms with Crippen molar-refractivity contribution in [3.05, 3.63) is 26.6 Å². The highest BCUT2D eigenvalue weighted by atomic mass is 79.9. The number of nitrogens with one attached hydrogen (secondary N) is 1. The second-order valence-electron chi connectivity index (χ2n) is 3.68. The van der Waals surface area contributed by atoms with Crippen molar-refractivity contribution in [1.29, 1.82) is 0 Å². The predicted octanol–water partition coefficient (Wildman–Crippen LogP) is 4.11. The minimum atomic E-state index is 0.657. The molecule has 18 heavy (non-hydrogen) atoms. The first-order valence-corrected chi connectivity index (χ1v) is 7.48. The Morgan fingerprint density at radius 1 is 1.28 bits per heavy atom. The van der Waals surface area contributed by atoms with Gasteiger partial charge in [-0.1, -0.05) is 0 Å². The standard InChI is InChI=1S/C14H17Br2NO/c1-3-5-6-7-17-10-11-8-12(15)14(18-4-2)13(16)9-11/h8-9,17H,4,6-7,10H2,1-2H3. The number of halogens is 2. The normalized spacial score (nSPS) is 9.78. The van der Waals surface area contributed by atoms with Gasteiger partial charge in [-0.3, -0.25) is 0 Å². The van der Waals surface area contributed by atoms with Gasteiger partial charge in [0.2, 0.25) is 0 Å². The SMILES string of the molecule is CC#CCCNCc1cc(Br)c(OCC)c(Br)c1. The van der Waals surface area contributed by atoms with E-state index >= 15 is 0 Å². The fourth-order valence-electron chi connectivity index (χ4n) is 1.51. The summed E-state index contributed by atoms with van der Waals surface area (Å²) in [6, 6.07) is 4.16.